The molecule has 1 aromatic heterocycles. The fourth-order valence-electron chi connectivity index (χ4n) is 1.88. The molecule has 6 heteroatoms. The number of hydrogen-bond acceptors (Lipinski definition) is 4. The SMILES string of the molecule is O=C(O)c1ccc(CSc2nc3ccccc3o2)cc1F. The van der Waals surface area contributed by atoms with Crippen LogP contribution in [0.2, 0.25) is 0 Å². The lowest BCUT2D eigenvalue weighted by molar-refractivity contribution is 0.0692. The van der Waals surface area contributed by atoms with Crippen molar-refractivity contribution in [1.29, 1.82) is 0 Å². The quantitative estimate of drug-likeness (QED) is 0.739. The molecule has 0 atom stereocenters. The van der Waals surface area contributed by atoms with Gasteiger partial charge in [0.05, 0.1) is 5.56 Å². The second-order valence-electron chi connectivity index (χ2n) is 4.36. The largest absolute Gasteiger partial charge is 0.478 e. The van der Waals surface area contributed by atoms with E-state index in [1.807, 2.05) is 24.3 Å². The molecule has 0 aliphatic carbocycles. The zero-order valence-corrected chi connectivity index (χ0v) is 11.6. The number of fused-ring (bicyclic) bond motifs is 1. The summed E-state index contributed by atoms with van der Waals surface area (Å²) in [4.78, 5) is 15.0. The number of carbonyl (C=O) groups is 1. The van der Waals surface area contributed by atoms with Crippen molar-refractivity contribution in [3.8, 4) is 0 Å². The minimum Gasteiger partial charge on any atom is -0.478 e. The van der Waals surface area contributed by atoms with Crippen LogP contribution in [0.4, 0.5) is 4.39 Å². The number of hydrogen-bond donors (Lipinski definition) is 1. The predicted molar refractivity (Wildman–Crippen MR) is 76.9 cm³/mol. The van der Waals surface area contributed by atoms with E-state index in [1.54, 1.807) is 6.07 Å². The molecule has 0 bridgehead atoms. The van der Waals surface area contributed by atoms with Gasteiger partial charge in [0.1, 0.15) is 11.3 Å². The average Bonchev–Trinajstić information content (AvgIpc) is 2.87. The molecule has 0 spiro atoms. The molecule has 4 nitrogen and oxygen atoms in total. The highest BCUT2D eigenvalue weighted by atomic mass is 32.2. The van der Waals surface area contributed by atoms with Crippen LogP contribution in [0.3, 0.4) is 0 Å². The lowest BCUT2D eigenvalue weighted by atomic mass is 10.1. The predicted octanol–water partition coefficient (Wildman–Crippen LogP) is 3.96. The first-order valence-electron chi connectivity index (χ1n) is 6.13. The van der Waals surface area contributed by atoms with Crippen molar-refractivity contribution in [2.24, 2.45) is 0 Å². The molecule has 0 aliphatic rings. The van der Waals surface area contributed by atoms with Gasteiger partial charge in [-0.05, 0) is 29.8 Å². The number of thioether (sulfide) groups is 1. The molecular formula is C15H10FNO3S. The number of para-hydroxylation sites is 2. The first-order chi connectivity index (χ1) is 10.1. The zero-order valence-electron chi connectivity index (χ0n) is 10.7. The van der Waals surface area contributed by atoms with E-state index in [9.17, 15) is 9.18 Å². The summed E-state index contributed by atoms with van der Waals surface area (Å²) in [6, 6.07) is 11.5. The van der Waals surface area contributed by atoms with Crippen LogP contribution in [-0.2, 0) is 5.75 Å². The number of aromatic carboxylic acids is 1. The Hall–Kier alpha value is -2.34. The Labute approximate surface area is 123 Å². The third-order valence-electron chi connectivity index (χ3n) is 2.90. The molecule has 2 aromatic carbocycles. The summed E-state index contributed by atoms with van der Waals surface area (Å²) in [5.41, 5.74) is 1.81. The number of aromatic nitrogens is 1. The van der Waals surface area contributed by atoms with E-state index >= 15 is 0 Å². The van der Waals surface area contributed by atoms with Crippen molar-refractivity contribution in [1.82, 2.24) is 4.98 Å². The van der Waals surface area contributed by atoms with Crippen LogP contribution in [0, 0.1) is 5.82 Å². The highest BCUT2D eigenvalue weighted by molar-refractivity contribution is 7.98. The van der Waals surface area contributed by atoms with E-state index < -0.39 is 11.8 Å². The van der Waals surface area contributed by atoms with Crippen LogP contribution in [0.15, 0.2) is 52.1 Å². The summed E-state index contributed by atoms with van der Waals surface area (Å²) in [7, 11) is 0. The topological polar surface area (TPSA) is 63.3 Å². The van der Waals surface area contributed by atoms with Gasteiger partial charge < -0.3 is 9.52 Å². The second kappa shape index (κ2) is 5.57. The molecule has 0 aliphatic heterocycles. The van der Waals surface area contributed by atoms with Gasteiger partial charge in [-0.25, -0.2) is 14.2 Å². The van der Waals surface area contributed by atoms with Crippen LogP contribution in [0.25, 0.3) is 11.1 Å². The van der Waals surface area contributed by atoms with E-state index in [0.717, 1.165) is 5.52 Å². The Bertz CT molecular complexity index is 783. The van der Waals surface area contributed by atoms with Gasteiger partial charge in [0.2, 0.25) is 0 Å². The Balaban J connectivity index is 1.75. The Kier molecular flexibility index (Phi) is 3.62. The normalized spacial score (nSPS) is 10.9. The van der Waals surface area contributed by atoms with Crippen molar-refractivity contribution in [2.75, 3.05) is 0 Å². The Morgan fingerprint density at radius 1 is 1.29 bits per heavy atom. The highest BCUT2D eigenvalue weighted by Gasteiger charge is 2.11. The molecular weight excluding hydrogens is 293 g/mol. The van der Waals surface area contributed by atoms with Crippen LogP contribution in [-0.4, -0.2) is 16.1 Å². The minimum absolute atomic E-state index is 0.328. The van der Waals surface area contributed by atoms with Crippen molar-refractivity contribution >= 4 is 28.8 Å². The number of oxazole rings is 1. The summed E-state index contributed by atoms with van der Waals surface area (Å²) in [5, 5.41) is 9.27. The van der Waals surface area contributed by atoms with Crippen LogP contribution < -0.4 is 0 Å². The molecule has 0 saturated carbocycles. The molecule has 21 heavy (non-hydrogen) atoms. The fraction of sp³-hybridized carbons (Fsp3) is 0.0667. The lowest BCUT2D eigenvalue weighted by Gasteiger charge is -2.01. The van der Waals surface area contributed by atoms with Crippen LogP contribution in [0.5, 0.6) is 0 Å². The molecule has 0 unspecified atom stereocenters. The fourth-order valence-corrected chi connectivity index (χ4v) is 2.66. The van der Waals surface area contributed by atoms with E-state index in [-0.39, 0.29) is 5.56 Å². The molecule has 1 heterocycles. The van der Waals surface area contributed by atoms with E-state index in [0.29, 0.717) is 22.1 Å². The number of carboxylic acids is 1. The molecule has 3 rings (SSSR count). The molecule has 3 aromatic rings. The third kappa shape index (κ3) is 2.90. The number of carboxylic acid groups (broad SMARTS) is 1. The second-order valence-corrected chi connectivity index (χ2v) is 5.28. The average molecular weight is 303 g/mol. The summed E-state index contributed by atoms with van der Waals surface area (Å²) >= 11 is 1.33. The van der Waals surface area contributed by atoms with Gasteiger partial charge in [-0.3, -0.25) is 0 Å². The van der Waals surface area contributed by atoms with Crippen molar-refractivity contribution in [3.63, 3.8) is 0 Å². The molecule has 106 valence electrons. The molecule has 0 fully saturated rings. The highest BCUT2D eigenvalue weighted by Crippen LogP contribution is 2.26. The molecule has 0 radical (unpaired) electrons. The Morgan fingerprint density at radius 2 is 2.10 bits per heavy atom. The van der Waals surface area contributed by atoms with Gasteiger partial charge in [-0.15, -0.1) is 0 Å². The summed E-state index contributed by atoms with van der Waals surface area (Å²) < 4.78 is 19.1. The van der Waals surface area contributed by atoms with Crippen molar-refractivity contribution in [2.45, 2.75) is 11.0 Å². The van der Waals surface area contributed by atoms with Gasteiger partial charge in [-0.1, -0.05) is 30.0 Å². The minimum atomic E-state index is -1.27. The molecule has 1 N–H and O–H groups in total. The van der Waals surface area contributed by atoms with E-state index in [1.165, 1.54) is 23.9 Å². The monoisotopic (exact) mass is 303 g/mol. The number of rotatable bonds is 4. The molecule has 0 saturated heterocycles. The van der Waals surface area contributed by atoms with E-state index in [4.69, 9.17) is 9.52 Å². The summed E-state index contributed by atoms with van der Waals surface area (Å²) in [6.07, 6.45) is 0. The first kappa shape index (κ1) is 13.6. The van der Waals surface area contributed by atoms with Gasteiger partial charge in [0.15, 0.2) is 5.58 Å². The smallest absolute Gasteiger partial charge is 0.338 e. The zero-order chi connectivity index (χ0) is 14.8. The number of benzene rings is 2. The Morgan fingerprint density at radius 3 is 2.81 bits per heavy atom. The van der Waals surface area contributed by atoms with Crippen LogP contribution in [0.1, 0.15) is 15.9 Å². The van der Waals surface area contributed by atoms with Crippen LogP contribution >= 0.6 is 11.8 Å². The maximum absolute atomic E-state index is 13.6. The molecule has 0 amide bonds. The van der Waals surface area contributed by atoms with Crippen molar-refractivity contribution < 1.29 is 18.7 Å². The standard InChI is InChI=1S/C15H10FNO3S/c16-11-7-9(5-6-10(11)14(18)19)8-21-15-17-12-3-1-2-4-13(12)20-15/h1-7H,8H2,(H,18,19). The summed E-state index contributed by atoms with van der Waals surface area (Å²) in [6.45, 7) is 0. The summed E-state index contributed by atoms with van der Waals surface area (Å²) in [5.74, 6) is -1.56. The number of nitrogens with zero attached hydrogens (tertiary/aromatic N) is 1. The first-order valence-corrected chi connectivity index (χ1v) is 7.12. The maximum Gasteiger partial charge on any atom is 0.338 e. The third-order valence-corrected chi connectivity index (χ3v) is 3.80. The van der Waals surface area contributed by atoms with Crippen molar-refractivity contribution in [3.05, 3.63) is 59.4 Å². The van der Waals surface area contributed by atoms with Gasteiger partial charge in [-0.2, -0.15) is 0 Å². The van der Waals surface area contributed by atoms with Gasteiger partial charge >= 0.3 is 5.97 Å². The van der Waals surface area contributed by atoms with Gasteiger partial charge in [0.25, 0.3) is 5.22 Å². The van der Waals surface area contributed by atoms with Gasteiger partial charge in [0, 0.05) is 5.75 Å². The maximum atomic E-state index is 13.6. The lowest BCUT2D eigenvalue weighted by Crippen LogP contribution is -2.00. The van der Waals surface area contributed by atoms with E-state index in [2.05, 4.69) is 4.98 Å². The number of halogens is 1.